The molecule has 7 heteroatoms. The van der Waals surface area contributed by atoms with Crippen LogP contribution in [0.4, 0.5) is 5.69 Å². The molecule has 3 rings (SSSR count). The lowest BCUT2D eigenvalue weighted by Gasteiger charge is -2.37. The highest BCUT2D eigenvalue weighted by atomic mass is 127. The number of phenols is 1. The van der Waals surface area contributed by atoms with Crippen molar-refractivity contribution in [1.82, 2.24) is 10.2 Å². The fraction of sp³-hybridized carbons (Fsp3) is 0.409. The molecule has 1 saturated heterocycles. The number of rotatable bonds is 7. The monoisotopic (exact) mass is 510 g/mol. The van der Waals surface area contributed by atoms with Gasteiger partial charge in [0, 0.05) is 39.8 Å². The number of halogens is 1. The van der Waals surface area contributed by atoms with Crippen LogP contribution in [0.1, 0.15) is 12.8 Å². The Bertz CT molecular complexity index is 749. The van der Waals surface area contributed by atoms with Crippen LogP contribution in [0.3, 0.4) is 0 Å². The third kappa shape index (κ3) is 6.99. The molecule has 0 unspecified atom stereocenters. The first-order chi connectivity index (χ1) is 13.8. The van der Waals surface area contributed by atoms with E-state index in [0.29, 0.717) is 5.75 Å². The van der Waals surface area contributed by atoms with Crippen LogP contribution >= 0.6 is 24.0 Å². The SMILES string of the molecule is CN=C(NCCCCOc1ccccc1)N1CCN(c2ccccc2O)CC1.I. The van der Waals surface area contributed by atoms with E-state index in [-0.39, 0.29) is 24.0 Å². The lowest BCUT2D eigenvalue weighted by atomic mass is 10.2. The number of nitrogens with one attached hydrogen (secondary N) is 1. The molecule has 0 radical (unpaired) electrons. The van der Waals surface area contributed by atoms with Gasteiger partial charge in [0.15, 0.2) is 5.96 Å². The van der Waals surface area contributed by atoms with Crippen molar-refractivity contribution < 1.29 is 9.84 Å². The van der Waals surface area contributed by atoms with Crippen LogP contribution in [0.2, 0.25) is 0 Å². The van der Waals surface area contributed by atoms with Crippen LogP contribution in [0.15, 0.2) is 59.6 Å². The summed E-state index contributed by atoms with van der Waals surface area (Å²) in [4.78, 5) is 8.92. The maximum Gasteiger partial charge on any atom is 0.193 e. The first kappa shape index (κ1) is 23.1. The van der Waals surface area contributed by atoms with Gasteiger partial charge in [-0.15, -0.1) is 24.0 Å². The third-order valence-corrected chi connectivity index (χ3v) is 4.88. The van der Waals surface area contributed by atoms with Crippen molar-refractivity contribution in [1.29, 1.82) is 0 Å². The summed E-state index contributed by atoms with van der Waals surface area (Å²) >= 11 is 0. The molecular formula is C22H31IN4O2. The van der Waals surface area contributed by atoms with E-state index in [9.17, 15) is 5.11 Å². The standard InChI is InChI=1S/C22H30N4O2.HI/c1-23-22(24-13-7-8-18-28-19-9-3-2-4-10-19)26-16-14-25(15-17-26)20-11-5-6-12-21(20)27;/h2-6,9-12,27H,7-8,13-18H2,1H3,(H,23,24);1H. The summed E-state index contributed by atoms with van der Waals surface area (Å²) in [5, 5.41) is 13.5. The predicted octanol–water partition coefficient (Wildman–Crippen LogP) is 3.57. The number of piperazine rings is 1. The summed E-state index contributed by atoms with van der Waals surface area (Å²) in [6, 6.07) is 17.4. The summed E-state index contributed by atoms with van der Waals surface area (Å²) in [5.41, 5.74) is 0.906. The number of para-hydroxylation sites is 3. The van der Waals surface area contributed by atoms with Gasteiger partial charge in [0.1, 0.15) is 11.5 Å². The Morgan fingerprint density at radius 3 is 2.38 bits per heavy atom. The number of nitrogens with zero attached hydrogens (tertiary/aromatic N) is 3. The normalized spacial score (nSPS) is 14.3. The van der Waals surface area contributed by atoms with Gasteiger partial charge in [-0.05, 0) is 37.1 Å². The van der Waals surface area contributed by atoms with Crippen molar-refractivity contribution in [3.05, 3.63) is 54.6 Å². The number of unbranched alkanes of at least 4 members (excludes halogenated alkanes) is 1. The number of anilines is 1. The predicted molar refractivity (Wildman–Crippen MR) is 130 cm³/mol. The largest absolute Gasteiger partial charge is 0.506 e. The van der Waals surface area contributed by atoms with Crippen molar-refractivity contribution in [2.75, 3.05) is 51.3 Å². The second-order valence-electron chi connectivity index (χ2n) is 6.81. The van der Waals surface area contributed by atoms with E-state index in [2.05, 4.69) is 20.1 Å². The minimum absolute atomic E-state index is 0. The molecule has 0 spiro atoms. The number of aromatic hydroxyl groups is 1. The number of phenolic OH excluding ortho intramolecular Hbond substituents is 1. The number of benzene rings is 2. The van der Waals surface area contributed by atoms with E-state index in [1.807, 2.05) is 55.6 Å². The Hall–Kier alpha value is -2.16. The van der Waals surface area contributed by atoms with E-state index < -0.39 is 0 Å². The van der Waals surface area contributed by atoms with Crippen LogP contribution in [0, 0.1) is 0 Å². The van der Waals surface area contributed by atoms with Gasteiger partial charge in [0.25, 0.3) is 0 Å². The minimum atomic E-state index is 0. The summed E-state index contributed by atoms with van der Waals surface area (Å²) in [6.45, 7) is 5.09. The molecule has 0 aliphatic carbocycles. The van der Waals surface area contributed by atoms with Gasteiger partial charge < -0.3 is 25.0 Å². The highest BCUT2D eigenvalue weighted by Gasteiger charge is 2.21. The van der Waals surface area contributed by atoms with Crippen LogP contribution in [0.5, 0.6) is 11.5 Å². The lowest BCUT2D eigenvalue weighted by Crippen LogP contribution is -2.52. The molecule has 0 atom stereocenters. The summed E-state index contributed by atoms with van der Waals surface area (Å²) in [5.74, 6) is 2.21. The van der Waals surface area contributed by atoms with E-state index in [1.165, 1.54) is 0 Å². The Morgan fingerprint density at radius 2 is 1.69 bits per heavy atom. The van der Waals surface area contributed by atoms with Gasteiger partial charge in [-0.3, -0.25) is 4.99 Å². The number of hydrogen-bond donors (Lipinski definition) is 2. The topological polar surface area (TPSA) is 60.3 Å². The molecule has 0 aromatic heterocycles. The van der Waals surface area contributed by atoms with E-state index in [0.717, 1.165) is 69.6 Å². The second kappa shape index (κ2) is 12.4. The Balaban J connectivity index is 0.00000300. The molecule has 29 heavy (non-hydrogen) atoms. The molecule has 0 saturated carbocycles. The zero-order valence-electron chi connectivity index (χ0n) is 17.0. The molecular weight excluding hydrogens is 479 g/mol. The van der Waals surface area contributed by atoms with Gasteiger partial charge in [-0.1, -0.05) is 30.3 Å². The van der Waals surface area contributed by atoms with Gasteiger partial charge in [-0.2, -0.15) is 0 Å². The zero-order valence-corrected chi connectivity index (χ0v) is 19.3. The first-order valence-electron chi connectivity index (χ1n) is 9.94. The maximum absolute atomic E-state index is 10.0. The van der Waals surface area contributed by atoms with Gasteiger partial charge in [0.05, 0.1) is 12.3 Å². The Morgan fingerprint density at radius 1 is 1.00 bits per heavy atom. The molecule has 0 bridgehead atoms. The van der Waals surface area contributed by atoms with Gasteiger partial charge in [0.2, 0.25) is 0 Å². The molecule has 2 N–H and O–H groups in total. The molecule has 0 amide bonds. The molecule has 2 aromatic rings. The molecule has 2 aromatic carbocycles. The van der Waals surface area contributed by atoms with E-state index >= 15 is 0 Å². The van der Waals surface area contributed by atoms with E-state index in [1.54, 1.807) is 6.07 Å². The summed E-state index contributed by atoms with van der Waals surface area (Å²) in [7, 11) is 1.83. The maximum atomic E-state index is 10.0. The minimum Gasteiger partial charge on any atom is -0.506 e. The van der Waals surface area contributed by atoms with Crippen LogP contribution in [0.25, 0.3) is 0 Å². The molecule has 6 nitrogen and oxygen atoms in total. The number of hydrogen-bond acceptors (Lipinski definition) is 4. The lowest BCUT2D eigenvalue weighted by molar-refractivity contribution is 0.306. The Labute approximate surface area is 190 Å². The van der Waals surface area contributed by atoms with Crippen LogP contribution < -0.4 is 15.0 Å². The molecule has 1 fully saturated rings. The molecule has 1 aliphatic rings. The van der Waals surface area contributed by atoms with Crippen molar-refractivity contribution in [2.24, 2.45) is 4.99 Å². The van der Waals surface area contributed by atoms with Crippen molar-refractivity contribution >= 4 is 35.6 Å². The summed E-state index contributed by atoms with van der Waals surface area (Å²) < 4.78 is 5.72. The van der Waals surface area contributed by atoms with Gasteiger partial charge >= 0.3 is 0 Å². The second-order valence-corrected chi connectivity index (χ2v) is 6.81. The van der Waals surface area contributed by atoms with Crippen LogP contribution in [-0.2, 0) is 0 Å². The van der Waals surface area contributed by atoms with Gasteiger partial charge in [-0.25, -0.2) is 0 Å². The number of guanidine groups is 1. The van der Waals surface area contributed by atoms with Crippen molar-refractivity contribution in [3.8, 4) is 11.5 Å². The zero-order chi connectivity index (χ0) is 19.6. The fourth-order valence-electron chi connectivity index (χ4n) is 3.36. The molecule has 1 heterocycles. The average molecular weight is 510 g/mol. The molecule has 1 aliphatic heterocycles. The fourth-order valence-corrected chi connectivity index (χ4v) is 3.36. The summed E-state index contributed by atoms with van der Waals surface area (Å²) in [6.07, 6.45) is 2.03. The Kier molecular flexibility index (Phi) is 9.90. The quantitative estimate of drug-likeness (QED) is 0.258. The van der Waals surface area contributed by atoms with Crippen molar-refractivity contribution in [2.45, 2.75) is 12.8 Å². The highest BCUT2D eigenvalue weighted by Crippen LogP contribution is 2.27. The smallest absolute Gasteiger partial charge is 0.193 e. The van der Waals surface area contributed by atoms with Crippen molar-refractivity contribution in [3.63, 3.8) is 0 Å². The first-order valence-corrected chi connectivity index (χ1v) is 9.94. The highest BCUT2D eigenvalue weighted by molar-refractivity contribution is 14.0. The van der Waals surface area contributed by atoms with Crippen LogP contribution in [-0.4, -0.2) is 62.3 Å². The number of ether oxygens (including phenoxy) is 1. The molecule has 158 valence electrons. The number of aliphatic imine (C=N–C) groups is 1. The van der Waals surface area contributed by atoms with E-state index in [4.69, 9.17) is 4.74 Å². The average Bonchev–Trinajstić information content (AvgIpc) is 2.75. The third-order valence-electron chi connectivity index (χ3n) is 4.88.